The molecule has 1 aromatic heterocycles. The lowest BCUT2D eigenvalue weighted by Gasteiger charge is -2.34. The quantitative estimate of drug-likeness (QED) is 0.779. The second-order valence-electron chi connectivity index (χ2n) is 8.41. The topological polar surface area (TPSA) is 21.1 Å². The second-order valence-corrected chi connectivity index (χ2v) is 8.41. The van der Waals surface area contributed by atoms with Crippen molar-refractivity contribution in [1.82, 2.24) is 14.7 Å². The third-order valence-corrected chi connectivity index (χ3v) is 4.26. The summed E-state index contributed by atoms with van der Waals surface area (Å²) in [5, 5.41) is 4.80. The van der Waals surface area contributed by atoms with Gasteiger partial charge in [-0.05, 0) is 37.4 Å². The van der Waals surface area contributed by atoms with Gasteiger partial charge in [0.15, 0.2) is 0 Å². The highest BCUT2D eigenvalue weighted by Gasteiger charge is 2.32. The van der Waals surface area contributed by atoms with Crippen molar-refractivity contribution in [3.63, 3.8) is 0 Å². The molecule has 2 heterocycles. The number of nitrogens with zero attached hydrogens (tertiary/aromatic N) is 3. The molecule has 0 bridgehead atoms. The Balaban J connectivity index is 2.46. The highest BCUT2D eigenvalue weighted by molar-refractivity contribution is 5.31. The molecule has 3 nitrogen and oxygen atoms in total. The van der Waals surface area contributed by atoms with E-state index in [0.29, 0.717) is 6.04 Å². The SMILES string of the molecule is CN1CCCC(n2ncc(C(C)(C)C)c2C(C)(C)C)C1. The van der Waals surface area contributed by atoms with Crippen LogP contribution in [0.1, 0.15) is 71.7 Å². The predicted molar refractivity (Wildman–Crippen MR) is 85.4 cm³/mol. The minimum atomic E-state index is 0.134. The highest BCUT2D eigenvalue weighted by atomic mass is 15.3. The Labute approximate surface area is 124 Å². The normalized spacial score (nSPS) is 22.2. The molecule has 0 spiro atoms. The molecule has 0 saturated carbocycles. The van der Waals surface area contributed by atoms with Gasteiger partial charge in [-0.3, -0.25) is 4.68 Å². The Bertz CT molecular complexity index is 460. The van der Waals surface area contributed by atoms with Crippen molar-refractivity contribution in [2.24, 2.45) is 0 Å². The van der Waals surface area contributed by atoms with Crippen LogP contribution in [-0.2, 0) is 10.8 Å². The second kappa shape index (κ2) is 5.18. The minimum absolute atomic E-state index is 0.134. The van der Waals surface area contributed by atoms with Gasteiger partial charge in [0.05, 0.1) is 12.2 Å². The lowest BCUT2D eigenvalue weighted by molar-refractivity contribution is 0.196. The summed E-state index contributed by atoms with van der Waals surface area (Å²) in [6, 6.07) is 0.527. The summed E-state index contributed by atoms with van der Waals surface area (Å²) in [6.45, 7) is 16.1. The molecule has 1 unspecified atom stereocenters. The summed E-state index contributed by atoms with van der Waals surface area (Å²) in [5.74, 6) is 0. The maximum Gasteiger partial charge on any atom is 0.0650 e. The summed E-state index contributed by atoms with van der Waals surface area (Å²) in [6.07, 6.45) is 4.63. The van der Waals surface area contributed by atoms with Crippen LogP contribution in [0.3, 0.4) is 0 Å². The monoisotopic (exact) mass is 277 g/mol. The zero-order chi connectivity index (χ0) is 15.1. The molecule has 0 aliphatic carbocycles. The van der Waals surface area contributed by atoms with E-state index < -0.39 is 0 Å². The van der Waals surface area contributed by atoms with Crippen LogP contribution in [0.25, 0.3) is 0 Å². The number of rotatable bonds is 1. The molecule has 114 valence electrons. The van der Waals surface area contributed by atoms with Crippen molar-refractivity contribution in [3.8, 4) is 0 Å². The lowest BCUT2D eigenvalue weighted by Crippen LogP contribution is -2.36. The number of piperidine rings is 1. The molecule has 1 atom stereocenters. The van der Waals surface area contributed by atoms with Crippen molar-refractivity contribution in [3.05, 3.63) is 17.5 Å². The third kappa shape index (κ3) is 3.08. The molecule has 1 fully saturated rings. The van der Waals surface area contributed by atoms with Crippen LogP contribution in [0.15, 0.2) is 6.20 Å². The zero-order valence-corrected chi connectivity index (χ0v) is 14.3. The molecule has 1 aromatic rings. The van der Waals surface area contributed by atoms with Crippen LogP contribution >= 0.6 is 0 Å². The van der Waals surface area contributed by atoms with Crippen molar-refractivity contribution < 1.29 is 0 Å². The molecule has 20 heavy (non-hydrogen) atoms. The molecule has 0 amide bonds. The predicted octanol–water partition coefficient (Wildman–Crippen LogP) is 3.74. The maximum absolute atomic E-state index is 4.80. The van der Waals surface area contributed by atoms with Crippen LogP contribution in [0.4, 0.5) is 0 Å². The van der Waals surface area contributed by atoms with E-state index in [2.05, 4.69) is 64.4 Å². The highest BCUT2D eigenvalue weighted by Crippen LogP contribution is 2.36. The van der Waals surface area contributed by atoms with Gasteiger partial charge in [0, 0.05) is 17.7 Å². The summed E-state index contributed by atoms with van der Waals surface area (Å²) in [7, 11) is 2.22. The largest absolute Gasteiger partial charge is 0.304 e. The van der Waals surface area contributed by atoms with E-state index in [1.165, 1.54) is 30.6 Å². The van der Waals surface area contributed by atoms with E-state index in [0.717, 1.165) is 6.54 Å². The molecule has 3 heteroatoms. The van der Waals surface area contributed by atoms with Gasteiger partial charge in [0.1, 0.15) is 0 Å². The van der Waals surface area contributed by atoms with Crippen LogP contribution in [0.5, 0.6) is 0 Å². The van der Waals surface area contributed by atoms with E-state index in [9.17, 15) is 0 Å². The van der Waals surface area contributed by atoms with Crippen molar-refractivity contribution in [2.45, 2.75) is 71.3 Å². The fourth-order valence-corrected chi connectivity index (χ4v) is 3.27. The number of likely N-dealkylation sites (N-methyl/N-ethyl adjacent to an activating group) is 1. The first-order valence-corrected chi connectivity index (χ1v) is 7.87. The van der Waals surface area contributed by atoms with Crippen LogP contribution < -0.4 is 0 Å². The van der Waals surface area contributed by atoms with Crippen molar-refractivity contribution in [1.29, 1.82) is 0 Å². The number of aromatic nitrogens is 2. The van der Waals surface area contributed by atoms with Gasteiger partial charge in [-0.25, -0.2) is 0 Å². The number of hydrogen-bond donors (Lipinski definition) is 0. The summed E-state index contributed by atoms with van der Waals surface area (Å²) < 4.78 is 2.33. The molecule has 0 aromatic carbocycles. The smallest absolute Gasteiger partial charge is 0.0650 e. The Morgan fingerprint density at radius 1 is 1.10 bits per heavy atom. The van der Waals surface area contributed by atoms with Gasteiger partial charge in [-0.2, -0.15) is 5.10 Å². The molecule has 0 N–H and O–H groups in total. The fraction of sp³-hybridized carbons (Fsp3) is 0.824. The van der Waals surface area contributed by atoms with E-state index in [-0.39, 0.29) is 10.8 Å². The molecule has 1 aliphatic heterocycles. The van der Waals surface area contributed by atoms with E-state index in [1.807, 2.05) is 0 Å². The van der Waals surface area contributed by atoms with Crippen molar-refractivity contribution >= 4 is 0 Å². The first-order valence-electron chi connectivity index (χ1n) is 7.87. The summed E-state index contributed by atoms with van der Waals surface area (Å²) in [5.41, 5.74) is 3.11. The molecular formula is C17H31N3. The van der Waals surface area contributed by atoms with E-state index in [4.69, 9.17) is 5.10 Å². The van der Waals surface area contributed by atoms with Gasteiger partial charge in [-0.15, -0.1) is 0 Å². The first-order chi connectivity index (χ1) is 9.10. The average Bonchev–Trinajstić information content (AvgIpc) is 2.72. The standard InChI is InChI=1S/C17H31N3/c1-16(2,3)14-11-18-20(15(14)17(4,5)6)13-9-8-10-19(7)12-13/h11,13H,8-10,12H2,1-7H3. The Morgan fingerprint density at radius 3 is 2.25 bits per heavy atom. The molecular weight excluding hydrogens is 246 g/mol. The van der Waals surface area contributed by atoms with Crippen molar-refractivity contribution in [2.75, 3.05) is 20.1 Å². The molecule has 1 aliphatic rings. The summed E-state index contributed by atoms with van der Waals surface area (Å²) in [4.78, 5) is 2.43. The Kier molecular flexibility index (Phi) is 4.03. The molecule has 0 radical (unpaired) electrons. The molecule has 2 rings (SSSR count). The average molecular weight is 277 g/mol. The lowest BCUT2D eigenvalue weighted by atomic mass is 9.79. The summed E-state index contributed by atoms with van der Waals surface area (Å²) >= 11 is 0. The first kappa shape index (κ1) is 15.6. The number of likely N-dealkylation sites (tertiary alicyclic amines) is 1. The van der Waals surface area contributed by atoms with Gasteiger partial charge in [0.25, 0.3) is 0 Å². The molecule has 1 saturated heterocycles. The fourth-order valence-electron chi connectivity index (χ4n) is 3.27. The van der Waals surface area contributed by atoms with Crippen LogP contribution in [0.2, 0.25) is 0 Å². The Hall–Kier alpha value is -0.830. The third-order valence-electron chi connectivity index (χ3n) is 4.26. The maximum atomic E-state index is 4.80. The zero-order valence-electron chi connectivity index (χ0n) is 14.3. The van der Waals surface area contributed by atoms with Gasteiger partial charge >= 0.3 is 0 Å². The van der Waals surface area contributed by atoms with Gasteiger partial charge < -0.3 is 4.90 Å². The van der Waals surface area contributed by atoms with E-state index >= 15 is 0 Å². The van der Waals surface area contributed by atoms with E-state index in [1.54, 1.807) is 0 Å². The Morgan fingerprint density at radius 2 is 1.75 bits per heavy atom. The van der Waals surface area contributed by atoms with Crippen LogP contribution in [0, 0.1) is 0 Å². The van der Waals surface area contributed by atoms with Crippen LogP contribution in [-0.4, -0.2) is 34.8 Å². The van der Waals surface area contributed by atoms with Gasteiger partial charge in [-0.1, -0.05) is 41.5 Å². The van der Waals surface area contributed by atoms with Gasteiger partial charge in [0.2, 0.25) is 0 Å². The minimum Gasteiger partial charge on any atom is -0.304 e. The number of hydrogen-bond acceptors (Lipinski definition) is 2.